The average molecular weight is 324 g/mol. The van der Waals surface area contributed by atoms with E-state index >= 15 is 0 Å². The van der Waals surface area contributed by atoms with Crippen LogP contribution in [0.15, 0.2) is 18.2 Å². The number of pyridine rings is 1. The number of amides is 2. The zero-order valence-electron chi connectivity index (χ0n) is 13.5. The molecule has 2 amide bonds. The van der Waals surface area contributed by atoms with Crippen LogP contribution in [0.5, 0.6) is 5.88 Å². The highest BCUT2D eigenvalue weighted by atomic mass is 16.5. The van der Waals surface area contributed by atoms with Gasteiger partial charge in [-0.3, -0.25) is 25.6 Å². The Morgan fingerprint density at radius 1 is 1.48 bits per heavy atom. The second kappa shape index (κ2) is 10.4. The van der Waals surface area contributed by atoms with Gasteiger partial charge in [-0.1, -0.05) is 32.3 Å². The van der Waals surface area contributed by atoms with Crippen LogP contribution in [-0.2, 0) is 9.59 Å². The van der Waals surface area contributed by atoms with E-state index in [1.807, 2.05) is 0 Å². The lowest BCUT2D eigenvalue weighted by Gasteiger charge is -2.19. The van der Waals surface area contributed by atoms with Crippen molar-refractivity contribution < 1.29 is 19.5 Å². The van der Waals surface area contributed by atoms with E-state index in [1.54, 1.807) is 18.2 Å². The smallest absolute Gasteiger partial charge is 0.243 e. The number of nitrogens with zero attached hydrogens (tertiary/aromatic N) is 2. The van der Waals surface area contributed by atoms with Crippen molar-refractivity contribution >= 4 is 18.1 Å². The molecule has 0 spiro atoms. The summed E-state index contributed by atoms with van der Waals surface area (Å²) in [7, 11) is 1.50. The van der Waals surface area contributed by atoms with Gasteiger partial charge in [0, 0.05) is 6.07 Å². The molecule has 128 valence electrons. The van der Waals surface area contributed by atoms with Gasteiger partial charge in [0.05, 0.1) is 19.6 Å². The van der Waals surface area contributed by atoms with Gasteiger partial charge in [-0.15, -0.1) is 0 Å². The van der Waals surface area contributed by atoms with Crippen LogP contribution in [0, 0.1) is 5.92 Å². The topological polar surface area (TPSA) is 104 Å². The maximum absolute atomic E-state index is 12.2. The number of carbonyl (C=O) groups excluding carboxylic acids is 2. The molecule has 0 saturated carbocycles. The molecule has 0 fully saturated rings. The SMILES string of the molecule is CCCCCC(CN(O)C=O)C(=O)NNc1cccc(OC)n1. The number of hydrazine groups is 1. The summed E-state index contributed by atoms with van der Waals surface area (Å²) >= 11 is 0. The molecule has 0 aliphatic carbocycles. The van der Waals surface area contributed by atoms with Gasteiger partial charge >= 0.3 is 0 Å². The van der Waals surface area contributed by atoms with E-state index in [2.05, 4.69) is 22.8 Å². The van der Waals surface area contributed by atoms with Crippen molar-refractivity contribution in [2.24, 2.45) is 5.92 Å². The van der Waals surface area contributed by atoms with Gasteiger partial charge in [0.25, 0.3) is 0 Å². The summed E-state index contributed by atoms with van der Waals surface area (Å²) in [5, 5.41) is 9.81. The molecule has 8 heteroatoms. The Hall–Kier alpha value is -2.35. The van der Waals surface area contributed by atoms with E-state index in [0.29, 0.717) is 23.2 Å². The maximum Gasteiger partial charge on any atom is 0.243 e. The number of carbonyl (C=O) groups is 2. The Balaban J connectivity index is 2.58. The highest BCUT2D eigenvalue weighted by Gasteiger charge is 2.20. The predicted octanol–water partition coefficient (Wildman–Crippen LogP) is 1.58. The number of rotatable bonds is 11. The molecular weight excluding hydrogens is 300 g/mol. The molecule has 0 saturated heterocycles. The third-order valence-corrected chi connectivity index (χ3v) is 3.30. The normalized spacial score (nSPS) is 11.4. The summed E-state index contributed by atoms with van der Waals surface area (Å²) in [5.41, 5.74) is 5.25. The van der Waals surface area contributed by atoms with E-state index in [1.165, 1.54) is 7.11 Å². The number of nitrogens with one attached hydrogen (secondary N) is 2. The minimum absolute atomic E-state index is 0.0493. The first-order chi connectivity index (χ1) is 11.1. The predicted molar refractivity (Wildman–Crippen MR) is 84.7 cm³/mol. The monoisotopic (exact) mass is 324 g/mol. The van der Waals surface area contributed by atoms with Crippen LogP contribution >= 0.6 is 0 Å². The number of aromatic nitrogens is 1. The minimum Gasteiger partial charge on any atom is -0.481 e. The van der Waals surface area contributed by atoms with Crippen LogP contribution in [0.1, 0.15) is 32.6 Å². The molecular formula is C15H24N4O4. The summed E-state index contributed by atoms with van der Waals surface area (Å²) in [6.07, 6.45) is 3.73. The highest BCUT2D eigenvalue weighted by Crippen LogP contribution is 2.13. The first-order valence-electron chi connectivity index (χ1n) is 7.58. The molecule has 0 bridgehead atoms. The molecule has 8 nitrogen and oxygen atoms in total. The molecule has 1 unspecified atom stereocenters. The van der Waals surface area contributed by atoms with Gasteiger partial charge in [-0.05, 0) is 12.5 Å². The van der Waals surface area contributed by atoms with Gasteiger partial charge in [-0.25, -0.2) is 5.06 Å². The summed E-state index contributed by atoms with van der Waals surface area (Å²) in [6.45, 7) is 2.02. The van der Waals surface area contributed by atoms with Crippen molar-refractivity contribution in [1.82, 2.24) is 15.5 Å². The quantitative estimate of drug-likeness (QED) is 0.247. The van der Waals surface area contributed by atoms with Crippen LogP contribution in [0.2, 0.25) is 0 Å². The fraction of sp³-hybridized carbons (Fsp3) is 0.533. The Bertz CT molecular complexity index is 498. The second-order valence-electron chi connectivity index (χ2n) is 5.10. The van der Waals surface area contributed by atoms with Gasteiger partial charge in [0.15, 0.2) is 0 Å². The summed E-state index contributed by atoms with van der Waals surface area (Å²) < 4.78 is 5.00. The summed E-state index contributed by atoms with van der Waals surface area (Å²) in [5.74, 6) is 0.0361. The second-order valence-corrected chi connectivity index (χ2v) is 5.10. The molecule has 0 aliphatic rings. The lowest BCUT2D eigenvalue weighted by atomic mass is 10.0. The fourth-order valence-corrected chi connectivity index (χ4v) is 2.04. The number of methoxy groups -OCH3 is 1. The maximum atomic E-state index is 12.2. The average Bonchev–Trinajstić information content (AvgIpc) is 2.58. The minimum atomic E-state index is -0.505. The molecule has 1 aromatic rings. The zero-order valence-corrected chi connectivity index (χ0v) is 13.5. The third kappa shape index (κ3) is 6.96. The third-order valence-electron chi connectivity index (χ3n) is 3.30. The molecule has 1 heterocycles. The number of unbranched alkanes of at least 4 members (excludes halogenated alkanes) is 2. The molecule has 1 rings (SSSR count). The lowest BCUT2D eigenvalue weighted by Crippen LogP contribution is -2.40. The fourth-order valence-electron chi connectivity index (χ4n) is 2.04. The molecule has 0 aliphatic heterocycles. The van der Waals surface area contributed by atoms with E-state index in [4.69, 9.17) is 4.74 Å². The number of ether oxygens (including phenoxy) is 1. The Kier molecular flexibility index (Phi) is 8.45. The molecule has 3 N–H and O–H groups in total. The number of hydrogen-bond donors (Lipinski definition) is 3. The molecule has 23 heavy (non-hydrogen) atoms. The number of hydrogen-bond acceptors (Lipinski definition) is 6. The number of anilines is 1. The van der Waals surface area contributed by atoms with Gasteiger partial charge in [-0.2, -0.15) is 4.98 Å². The molecule has 0 radical (unpaired) electrons. The van der Waals surface area contributed by atoms with Crippen molar-refractivity contribution in [3.63, 3.8) is 0 Å². The standard InChI is InChI=1S/C15H24N4O4/c1-3-4-5-7-12(10-19(22)11-20)15(21)18-17-13-8-6-9-14(16-13)23-2/h6,8-9,11-12,22H,3-5,7,10H2,1-2H3,(H,16,17)(H,18,21). The van der Waals surface area contributed by atoms with E-state index < -0.39 is 5.92 Å². The number of hydroxylamine groups is 2. The van der Waals surface area contributed by atoms with Crippen molar-refractivity contribution in [2.75, 3.05) is 19.1 Å². The highest BCUT2D eigenvalue weighted by molar-refractivity contribution is 5.80. The molecule has 1 aromatic heterocycles. The molecule has 1 atom stereocenters. The molecule has 0 aromatic carbocycles. The summed E-state index contributed by atoms with van der Waals surface area (Å²) in [6, 6.07) is 5.10. The van der Waals surface area contributed by atoms with Gasteiger partial charge < -0.3 is 4.74 Å². The first-order valence-corrected chi connectivity index (χ1v) is 7.58. The summed E-state index contributed by atoms with van der Waals surface area (Å²) in [4.78, 5) is 26.9. The lowest BCUT2D eigenvalue weighted by molar-refractivity contribution is -0.154. The van der Waals surface area contributed by atoms with Crippen LogP contribution in [0.25, 0.3) is 0 Å². The van der Waals surface area contributed by atoms with Crippen LogP contribution < -0.4 is 15.6 Å². The van der Waals surface area contributed by atoms with Crippen LogP contribution in [0.3, 0.4) is 0 Å². The Morgan fingerprint density at radius 2 is 2.26 bits per heavy atom. The Labute approximate surface area is 135 Å². The van der Waals surface area contributed by atoms with Crippen LogP contribution in [-0.4, -0.2) is 41.2 Å². The van der Waals surface area contributed by atoms with E-state index in [-0.39, 0.29) is 18.9 Å². The van der Waals surface area contributed by atoms with Crippen molar-refractivity contribution in [3.8, 4) is 5.88 Å². The van der Waals surface area contributed by atoms with E-state index in [9.17, 15) is 14.8 Å². The van der Waals surface area contributed by atoms with Crippen LogP contribution in [0.4, 0.5) is 5.82 Å². The zero-order chi connectivity index (χ0) is 17.1. The van der Waals surface area contributed by atoms with Crippen molar-refractivity contribution in [2.45, 2.75) is 32.6 Å². The van der Waals surface area contributed by atoms with E-state index in [0.717, 1.165) is 19.3 Å². The first kappa shape index (κ1) is 18.7. The largest absolute Gasteiger partial charge is 0.481 e. The van der Waals surface area contributed by atoms with Crippen molar-refractivity contribution in [3.05, 3.63) is 18.2 Å². The van der Waals surface area contributed by atoms with Crippen molar-refractivity contribution in [1.29, 1.82) is 0 Å². The Morgan fingerprint density at radius 3 is 2.91 bits per heavy atom. The van der Waals surface area contributed by atoms with Gasteiger partial charge in [0.2, 0.25) is 18.2 Å². The van der Waals surface area contributed by atoms with Gasteiger partial charge in [0.1, 0.15) is 5.82 Å².